The van der Waals surface area contributed by atoms with Crippen molar-refractivity contribution in [2.75, 3.05) is 17.7 Å². The molecule has 2 aromatic carbocycles. The first kappa shape index (κ1) is 22.5. The maximum atomic E-state index is 12.7. The second kappa shape index (κ2) is 8.93. The summed E-state index contributed by atoms with van der Waals surface area (Å²) in [5.41, 5.74) is 7.58. The lowest BCUT2D eigenvalue weighted by Gasteiger charge is -2.15. The number of Topliss-reactive ketones (excluding diaryl/α,β-unsaturated/α-hetero) is 1. The Bertz CT molecular complexity index is 1340. The molecule has 0 aliphatic carbocycles. The smallest absolute Gasteiger partial charge is 0.340 e. The molecule has 0 unspecified atom stereocenters. The van der Waals surface area contributed by atoms with E-state index in [4.69, 9.17) is 10.5 Å². The van der Waals surface area contributed by atoms with Crippen LogP contribution in [-0.4, -0.2) is 27.5 Å². The molecule has 9 nitrogen and oxygen atoms in total. The summed E-state index contributed by atoms with van der Waals surface area (Å²) in [5.74, 6) is -1.82. The molecule has 0 spiro atoms. The average molecular weight is 436 g/mol. The molecule has 3 rings (SSSR count). The molecule has 9 heteroatoms. The number of nitrogens with one attached hydrogen (secondary N) is 1. The van der Waals surface area contributed by atoms with Crippen molar-refractivity contribution < 1.29 is 14.3 Å². The number of nitrogens with two attached hydrogens (primary N) is 1. The number of benzene rings is 2. The van der Waals surface area contributed by atoms with Crippen molar-refractivity contribution >= 4 is 28.9 Å². The van der Waals surface area contributed by atoms with Gasteiger partial charge >= 0.3 is 11.7 Å². The summed E-state index contributed by atoms with van der Waals surface area (Å²) in [7, 11) is 2.58. The molecule has 166 valence electrons. The lowest BCUT2D eigenvalue weighted by Crippen LogP contribution is -2.42. The van der Waals surface area contributed by atoms with Crippen LogP contribution in [0.3, 0.4) is 0 Å². The van der Waals surface area contributed by atoms with Crippen LogP contribution in [0, 0.1) is 13.8 Å². The second-order valence-corrected chi connectivity index (χ2v) is 7.38. The maximum absolute atomic E-state index is 12.7. The number of carbonyl (C=O) groups excluding carboxylic acids is 2. The quantitative estimate of drug-likeness (QED) is 0.447. The Morgan fingerprint density at radius 3 is 2.34 bits per heavy atom. The Morgan fingerprint density at radius 1 is 0.969 bits per heavy atom. The van der Waals surface area contributed by atoms with Gasteiger partial charge in [0.2, 0.25) is 5.78 Å². The number of aromatic nitrogens is 2. The van der Waals surface area contributed by atoms with Crippen molar-refractivity contribution in [3.63, 3.8) is 0 Å². The molecule has 32 heavy (non-hydrogen) atoms. The fourth-order valence-corrected chi connectivity index (χ4v) is 3.20. The monoisotopic (exact) mass is 436 g/mol. The van der Waals surface area contributed by atoms with Crippen LogP contribution < -0.4 is 22.3 Å². The maximum Gasteiger partial charge on any atom is 0.340 e. The molecule has 0 amide bonds. The van der Waals surface area contributed by atoms with Gasteiger partial charge in [-0.15, -0.1) is 0 Å². The highest BCUT2D eigenvalue weighted by molar-refractivity contribution is 6.03. The zero-order chi connectivity index (χ0) is 23.6. The highest BCUT2D eigenvalue weighted by Crippen LogP contribution is 2.25. The van der Waals surface area contributed by atoms with Gasteiger partial charge in [-0.2, -0.15) is 0 Å². The zero-order valence-corrected chi connectivity index (χ0v) is 18.3. The van der Waals surface area contributed by atoms with E-state index >= 15 is 0 Å². The fourth-order valence-electron chi connectivity index (χ4n) is 3.20. The SMILES string of the molecule is Cc1cccc(Nc2ccccc2C(=O)OCC(=O)c2c(N)n(C)c(=O)n(C)c2=O)c1C. The second-order valence-electron chi connectivity index (χ2n) is 7.38. The molecule has 0 atom stereocenters. The van der Waals surface area contributed by atoms with E-state index in [1.54, 1.807) is 24.3 Å². The van der Waals surface area contributed by atoms with Gasteiger partial charge in [0.1, 0.15) is 11.4 Å². The lowest BCUT2D eigenvalue weighted by atomic mass is 10.1. The summed E-state index contributed by atoms with van der Waals surface area (Å²) >= 11 is 0. The van der Waals surface area contributed by atoms with Crippen molar-refractivity contribution in [1.29, 1.82) is 0 Å². The third-order valence-electron chi connectivity index (χ3n) is 5.34. The van der Waals surface area contributed by atoms with Crippen LogP contribution in [0.5, 0.6) is 0 Å². The fraction of sp³-hybridized carbons (Fsp3) is 0.217. The number of hydrogen-bond donors (Lipinski definition) is 2. The van der Waals surface area contributed by atoms with Crippen molar-refractivity contribution in [2.45, 2.75) is 13.8 Å². The normalized spacial score (nSPS) is 10.6. The van der Waals surface area contributed by atoms with E-state index in [-0.39, 0.29) is 11.4 Å². The summed E-state index contributed by atoms with van der Waals surface area (Å²) in [6, 6.07) is 12.5. The van der Waals surface area contributed by atoms with Gasteiger partial charge in [-0.1, -0.05) is 24.3 Å². The minimum absolute atomic E-state index is 0.225. The predicted molar refractivity (Wildman–Crippen MR) is 122 cm³/mol. The van der Waals surface area contributed by atoms with Crippen LogP contribution in [0.4, 0.5) is 17.2 Å². The minimum atomic E-state index is -0.844. The highest BCUT2D eigenvalue weighted by atomic mass is 16.5. The Hall–Kier alpha value is -4.14. The molecule has 0 bridgehead atoms. The van der Waals surface area contributed by atoms with Crippen molar-refractivity contribution in [2.24, 2.45) is 14.1 Å². The molecule has 1 heterocycles. The van der Waals surface area contributed by atoms with Gasteiger partial charge in [-0.3, -0.25) is 18.7 Å². The molecule has 0 fully saturated rings. The first-order chi connectivity index (χ1) is 15.1. The van der Waals surface area contributed by atoms with E-state index in [0.29, 0.717) is 5.69 Å². The number of ether oxygens (including phenoxy) is 1. The number of aryl methyl sites for hydroxylation is 1. The van der Waals surface area contributed by atoms with Crippen molar-refractivity contribution in [1.82, 2.24) is 9.13 Å². The van der Waals surface area contributed by atoms with Crippen LogP contribution in [0.25, 0.3) is 0 Å². The standard InChI is InChI=1S/C23H24N4O5/c1-13-8-7-11-16(14(13)2)25-17-10-6-5-9-15(17)22(30)32-12-18(28)19-20(24)26(3)23(31)27(4)21(19)29/h5-11,25H,12,24H2,1-4H3. The third kappa shape index (κ3) is 4.18. The van der Waals surface area contributed by atoms with Gasteiger partial charge in [0, 0.05) is 19.8 Å². The summed E-state index contributed by atoms with van der Waals surface area (Å²) < 4.78 is 6.94. The lowest BCUT2D eigenvalue weighted by molar-refractivity contribution is 0.0475. The molecule has 3 aromatic rings. The Morgan fingerprint density at radius 2 is 1.62 bits per heavy atom. The van der Waals surface area contributed by atoms with Gasteiger partial charge in [0.05, 0.1) is 11.3 Å². The number of nitrogen functional groups attached to an aromatic ring is 1. The number of anilines is 3. The molecule has 0 aliphatic heterocycles. The summed E-state index contributed by atoms with van der Waals surface area (Å²) in [5, 5.41) is 3.22. The van der Waals surface area contributed by atoms with Crippen LogP contribution in [0.2, 0.25) is 0 Å². The van der Waals surface area contributed by atoms with E-state index in [9.17, 15) is 19.2 Å². The van der Waals surface area contributed by atoms with E-state index in [0.717, 1.165) is 25.9 Å². The van der Waals surface area contributed by atoms with E-state index in [1.165, 1.54) is 14.1 Å². The number of hydrogen-bond acceptors (Lipinski definition) is 7. The Balaban J connectivity index is 1.83. The summed E-state index contributed by atoms with van der Waals surface area (Å²) in [4.78, 5) is 49.6. The van der Waals surface area contributed by atoms with Gasteiger partial charge in [-0.25, -0.2) is 9.59 Å². The zero-order valence-electron chi connectivity index (χ0n) is 18.3. The molecule has 0 radical (unpaired) electrons. The number of para-hydroxylation sites is 1. The predicted octanol–water partition coefficient (Wildman–Crippen LogP) is 2.07. The molecule has 3 N–H and O–H groups in total. The van der Waals surface area contributed by atoms with Crippen LogP contribution in [0.15, 0.2) is 52.1 Å². The van der Waals surface area contributed by atoms with Crippen molar-refractivity contribution in [3.8, 4) is 0 Å². The number of nitrogens with zero attached hydrogens (tertiary/aromatic N) is 2. The highest BCUT2D eigenvalue weighted by Gasteiger charge is 2.22. The summed E-state index contributed by atoms with van der Waals surface area (Å²) in [6.07, 6.45) is 0. The number of carbonyl (C=O) groups is 2. The Kier molecular flexibility index (Phi) is 6.29. The molecular weight excluding hydrogens is 412 g/mol. The molecular formula is C23H24N4O5. The average Bonchev–Trinajstić information content (AvgIpc) is 2.78. The third-order valence-corrected chi connectivity index (χ3v) is 5.34. The number of rotatable bonds is 6. The van der Waals surface area contributed by atoms with Gasteiger partial charge in [-0.05, 0) is 43.2 Å². The topological polar surface area (TPSA) is 125 Å². The molecule has 1 aromatic heterocycles. The number of esters is 1. The minimum Gasteiger partial charge on any atom is -0.454 e. The Labute approximate surface area is 184 Å². The molecule has 0 aliphatic rings. The molecule has 0 saturated heterocycles. The largest absolute Gasteiger partial charge is 0.454 e. The van der Waals surface area contributed by atoms with Gasteiger partial charge in [0.25, 0.3) is 5.56 Å². The van der Waals surface area contributed by atoms with Crippen LogP contribution in [-0.2, 0) is 18.8 Å². The van der Waals surface area contributed by atoms with E-state index < -0.39 is 35.2 Å². The van der Waals surface area contributed by atoms with Gasteiger partial charge < -0.3 is 15.8 Å². The summed E-state index contributed by atoms with van der Waals surface area (Å²) in [6.45, 7) is 3.26. The van der Waals surface area contributed by atoms with Crippen LogP contribution >= 0.6 is 0 Å². The first-order valence-electron chi connectivity index (χ1n) is 9.81. The van der Waals surface area contributed by atoms with E-state index in [2.05, 4.69) is 5.32 Å². The van der Waals surface area contributed by atoms with E-state index in [1.807, 2.05) is 32.0 Å². The van der Waals surface area contributed by atoms with Gasteiger partial charge in [0.15, 0.2) is 6.61 Å². The van der Waals surface area contributed by atoms with Crippen molar-refractivity contribution in [3.05, 3.63) is 85.6 Å². The number of ketones is 1. The molecule has 0 saturated carbocycles. The first-order valence-corrected chi connectivity index (χ1v) is 9.81. The van der Waals surface area contributed by atoms with Crippen LogP contribution in [0.1, 0.15) is 31.8 Å².